The second kappa shape index (κ2) is 6.56. The van der Waals surface area contributed by atoms with E-state index in [2.05, 4.69) is 10.6 Å². The van der Waals surface area contributed by atoms with Crippen LogP contribution in [0.5, 0.6) is 11.5 Å². The standard InChI is InChI=1S/C20H19N3O5/c1-12-5-3-4-6-14(12)21-17(24)10-23-18(25)20(2,22-19(23)26)13-7-8-15-16(9-13)28-11-27-15/h3-9H,10-11H2,1-2H3,(H,21,24)(H,22,26)/t20-/m1/s1. The number of anilines is 1. The number of ether oxygens (including phenoxy) is 2. The molecule has 0 aliphatic carbocycles. The Hall–Kier alpha value is -3.55. The van der Waals surface area contributed by atoms with E-state index < -0.39 is 23.4 Å². The Balaban J connectivity index is 1.52. The molecule has 0 saturated carbocycles. The molecule has 4 rings (SSSR count). The number of urea groups is 1. The van der Waals surface area contributed by atoms with E-state index in [1.165, 1.54) is 0 Å². The number of nitrogens with one attached hydrogen (secondary N) is 2. The van der Waals surface area contributed by atoms with Gasteiger partial charge in [0.15, 0.2) is 11.5 Å². The van der Waals surface area contributed by atoms with Crippen LogP contribution in [0.4, 0.5) is 10.5 Å². The van der Waals surface area contributed by atoms with Crippen LogP contribution in [0.15, 0.2) is 42.5 Å². The third-order valence-electron chi connectivity index (χ3n) is 4.95. The van der Waals surface area contributed by atoms with Gasteiger partial charge in [-0.3, -0.25) is 14.5 Å². The molecule has 1 atom stereocenters. The number of fused-ring (bicyclic) bond motifs is 1. The van der Waals surface area contributed by atoms with Gasteiger partial charge in [-0.25, -0.2) is 4.79 Å². The second-order valence-corrected chi connectivity index (χ2v) is 6.88. The molecule has 0 radical (unpaired) electrons. The van der Waals surface area contributed by atoms with Gasteiger partial charge < -0.3 is 20.1 Å². The number of carbonyl (C=O) groups is 3. The van der Waals surface area contributed by atoms with E-state index in [1.54, 1.807) is 37.3 Å². The zero-order valence-corrected chi connectivity index (χ0v) is 15.4. The molecule has 2 aliphatic heterocycles. The number of benzene rings is 2. The summed E-state index contributed by atoms with van der Waals surface area (Å²) in [5, 5.41) is 5.41. The lowest BCUT2D eigenvalue weighted by Gasteiger charge is -2.22. The number of para-hydroxylation sites is 1. The number of nitrogens with zero attached hydrogens (tertiary/aromatic N) is 1. The molecule has 144 valence electrons. The highest BCUT2D eigenvalue weighted by Gasteiger charge is 2.49. The fraction of sp³-hybridized carbons (Fsp3) is 0.250. The van der Waals surface area contributed by atoms with E-state index in [9.17, 15) is 14.4 Å². The summed E-state index contributed by atoms with van der Waals surface area (Å²) in [5.74, 6) is 0.138. The first kappa shape index (κ1) is 17.8. The zero-order valence-electron chi connectivity index (χ0n) is 15.4. The van der Waals surface area contributed by atoms with Gasteiger partial charge in [0.05, 0.1) is 0 Å². The van der Waals surface area contributed by atoms with Crippen LogP contribution in [-0.4, -0.2) is 36.1 Å². The molecule has 4 amide bonds. The molecule has 28 heavy (non-hydrogen) atoms. The van der Waals surface area contributed by atoms with Crippen molar-refractivity contribution in [3.63, 3.8) is 0 Å². The lowest BCUT2D eigenvalue weighted by Crippen LogP contribution is -2.42. The van der Waals surface area contributed by atoms with Crippen LogP contribution in [0.3, 0.4) is 0 Å². The van der Waals surface area contributed by atoms with Crippen molar-refractivity contribution < 1.29 is 23.9 Å². The maximum Gasteiger partial charge on any atom is 0.325 e. The largest absolute Gasteiger partial charge is 0.454 e. The van der Waals surface area contributed by atoms with Gasteiger partial charge in [-0.1, -0.05) is 24.3 Å². The Morgan fingerprint density at radius 1 is 1.18 bits per heavy atom. The fourth-order valence-corrected chi connectivity index (χ4v) is 3.29. The van der Waals surface area contributed by atoms with E-state index in [4.69, 9.17) is 9.47 Å². The van der Waals surface area contributed by atoms with Crippen LogP contribution in [-0.2, 0) is 15.1 Å². The molecule has 0 spiro atoms. The van der Waals surface area contributed by atoms with E-state index in [0.29, 0.717) is 22.7 Å². The first-order valence-electron chi connectivity index (χ1n) is 8.78. The predicted octanol–water partition coefficient (Wildman–Crippen LogP) is 2.13. The summed E-state index contributed by atoms with van der Waals surface area (Å²) in [6, 6.07) is 11.7. The Labute approximate surface area is 161 Å². The number of hydrogen-bond donors (Lipinski definition) is 2. The van der Waals surface area contributed by atoms with Crippen LogP contribution in [0.2, 0.25) is 0 Å². The average molecular weight is 381 g/mol. The van der Waals surface area contributed by atoms with E-state index in [1.807, 2.05) is 19.1 Å². The van der Waals surface area contributed by atoms with Crippen LogP contribution in [0, 0.1) is 6.92 Å². The highest BCUT2D eigenvalue weighted by molar-refractivity contribution is 6.10. The third-order valence-corrected chi connectivity index (χ3v) is 4.95. The molecule has 8 heteroatoms. The van der Waals surface area contributed by atoms with Crippen molar-refractivity contribution in [2.24, 2.45) is 0 Å². The number of aryl methyl sites for hydroxylation is 1. The normalized spacial score (nSPS) is 20.3. The molecule has 2 heterocycles. The molecule has 1 fully saturated rings. The summed E-state index contributed by atoms with van der Waals surface area (Å²) in [6.07, 6.45) is 0. The fourth-order valence-electron chi connectivity index (χ4n) is 3.29. The van der Waals surface area contributed by atoms with Crippen LogP contribution < -0.4 is 20.1 Å². The Morgan fingerprint density at radius 2 is 1.93 bits per heavy atom. The van der Waals surface area contributed by atoms with E-state index in [-0.39, 0.29) is 13.3 Å². The van der Waals surface area contributed by atoms with Gasteiger partial charge in [0.2, 0.25) is 12.7 Å². The van der Waals surface area contributed by atoms with Crippen LogP contribution >= 0.6 is 0 Å². The molecule has 1 saturated heterocycles. The smallest absolute Gasteiger partial charge is 0.325 e. The van der Waals surface area contributed by atoms with Gasteiger partial charge in [0.1, 0.15) is 12.1 Å². The first-order valence-corrected chi connectivity index (χ1v) is 8.78. The van der Waals surface area contributed by atoms with Crippen molar-refractivity contribution in [1.29, 1.82) is 0 Å². The highest BCUT2D eigenvalue weighted by atomic mass is 16.7. The third kappa shape index (κ3) is 2.92. The SMILES string of the molecule is Cc1ccccc1NC(=O)CN1C(=O)N[C@](C)(c2ccc3c(c2)OCO3)C1=O. The maximum atomic E-state index is 13.0. The number of rotatable bonds is 4. The van der Waals surface area contributed by atoms with Crippen molar-refractivity contribution >= 4 is 23.5 Å². The number of hydrogen-bond acceptors (Lipinski definition) is 5. The van der Waals surface area contributed by atoms with Crippen molar-refractivity contribution in [2.45, 2.75) is 19.4 Å². The molecular weight excluding hydrogens is 362 g/mol. The molecule has 2 aliphatic rings. The lowest BCUT2D eigenvalue weighted by molar-refractivity contribution is -0.133. The Kier molecular flexibility index (Phi) is 4.18. The van der Waals surface area contributed by atoms with Gasteiger partial charge in [-0.15, -0.1) is 0 Å². The Bertz CT molecular complexity index is 990. The summed E-state index contributed by atoms with van der Waals surface area (Å²) in [6.45, 7) is 3.20. The topological polar surface area (TPSA) is 97.0 Å². The van der Waals surface area contributed by atoms with Crippen LogP contribution in [0.1, 0.15) is 18.1 Å². The van der Waals surface area contributed by atoms with Crippen molar-refractivity contribution in [3.8, 4) is 11.5 Å². The number of carbonyl (C=O) groups excluding carboxylic acids is 3. The zero-order chi connectivity index (χ0) is 19.9. The molecule has 2 aromatic rings. The van der Waals surface area contributed by atoms with E-state index >= 15 is 0 Å². The number of imide groups is 1. The second-order valence-electron chi connectivity index (χ2n) is 6.88. The van der Waals surface area contributed by atoms with E-state index in [0.717, 1.165) is 10.5 Å². The Morgan fingerprint density at radius 3 is 2.71 bits per heavy atom. The highest BCUT2D eigenvalue weighted by Crippen LogP contribution is 2.37. The quantitative estimate of drug-likeness (QED) is 0.791. The average Bonchev–Trinajstić information content (AvgIpc) is 3.22. The summed E-state index contributed by atoms with van der Waals surface area (Å²) >= 11 is 0. The summed E-state index contributed by atoms with van der Waals surface area (Å²) in [4.78, 5) is 38.7. The minimum absolute atomic E-state index is 0.112. The summed E-state index contributed by atoms with van der Waals surface area (Å²) in [7, 11) is 0. The van der Waals surface area contributed by atoms with Gasteiger partial charge in [-0.05, 0) is 43.2 Å². The van der Waals surface area contributed by atoms with Gasteiger partial charge in [0.25, 0.3) is 5.91 Å². The molecule has 0 unspecified atom stereocenters. The van der Waals surface area contributed by atoms with Crippen LogP contribution in [0.25, 0.3) is 0 Å². The molecular formula is C20H19N3O5. The van der Waals surface area contributed by atoms with Gasteiger partial charge >= 0.3 is 6.03 Å². The van der Waals surface area contributed by atoms with Crippen molar-refractivity contribution in [1.82, 2.24) is 10.2 Å². The molecule has 0 bridgehead atoms. The van der Waals surface area contributed by atoms with Gasteiger partial charge in [-0.2, -0.15) is 0 Å². The summed E-state index contributed by atoms with van der Waals surface area (Å²) in [5.41, 5.74) is 0.786. The minimum Gasteiger partial charge on any atom is -0.454 e. The maximum absolute atomic E-state index is 13.0. The molecule has 2 N–H and O–H groups in total. The lowest BCUT2D eigenvalue weighted by atomic mass is 9.91. The summed E-state index contributed by atoms with van der Waals surface area (Å²) < 4.78 is 10.6. The first-order chi connectivity index (χ1) is 13.4. The number of amides is 4. The molecule has 2 aromatic carbocycles. The van der Waals surface area contributed by atoms with Crippen molar-refractivity contribution in [3.05, 3.63) is 53.6 Å². The van der Waals surface area contributed by atoms with Gasteiger partial charge in [0, 0.05) is 5.69 Å². The molecule has 8 nitrogen and oxygen atoms in total. The van der Waals surface area contributed by atoms with Crippen molar-refractivity contribution in [2.75, 3.05) is 18.7 Å². The minimum atomic E-state index is -1.29. The predicted molar refractivity (Wildman–Crippen MR) is 100.0 cm³/mol. The molecule has 0 aromatic heterocycles. The monoisotopic (exact) mass is 381 g/mol.